The van der Waals surface area contributed by atoms with E-state index >= 15 is 0 Å². The Hall–Kier alpha value is -6.16. The minimum Gasteiger partial charge on any atom is -0.464 e. The van der Waals surface area contributed by atoms with Gasteiger partial charge in [0.05, 0.1) is 62.4 Å². The van der Waals surface area contributed by atoms with Gasteiger partial charge in [-0.2, -0.15) is 0 Å². The number of morpholine rings is 1. The Morgan fingerprint density at radius 1 is 1.07 bits per heavy atom. The predicted molar refractivity (Wildman–Crippen MR) is 255 cm³/mol. The molecule has 2 N–H and O–H groups in total. The molecule has 7 heterocycles. The van der Waals surface area contributed by atoms with Crippen molar-refractivity contribution in [3.8, 4) is 34.4 Å². The first-order valence-electron chi connectivity index (χ1n) is 24.0. The number of likely N-dealkylation sites (N-methyl/N-ethyl adjacent to an activating group) is 1. The predicted octanol–water partition coefficient (Wildman–Crippen LogP) is 3.36. The number of esters is 1. The number of nitrogens with one attached hydrogen (secondary N) is 2. The number of pyridine rings is 1. The van der Waals surface area contributed by atoms with Crippen LogP contribution in [0.4, 0.5) is 0 Å². The fourth-order valence-electron chi connectivity index (χ4n) is 10.1. The summed E-state index contributed by atoms with van der Waals surface area (Å²) in [6.45, 7) is 15.0. The summed E-state index contributed by atoms with van der Waals surface area (Å²) >= 11 is 0. The fourth-order valence-corrected chi connectivity index (χ4v) is 10.1. The van der Waals surface area contributed by atoms with Crippen LogP contribution in [0.1, 0.15) is 65.3 Å². The fraction of sp³-hybridized carbons (Fsp3) is 0.560. The molecule has 0 saturated carbocycles. The summed E-state index contributed by atoms with van der Waals surface area (Å²) in [6.07, 6.45) is 7.49. The summed E-state index contributed by atoms with van der Waals surface area (Å²) in [4.78, 5) is 84.1. The van der Waals surface area contributed by atoms with Gasteiger partial charge < -0.3 is 28.8 Å². The topological polar surface area (TPSA) is 179 Å². The molecule has 3 aromatic heterocycles. The van der Waals surface area contributed by atoms with Gasteiger partial charge in [0.25, 0.3) is 17.9 Å². The lowest BCUT2D eigenvalue weighted by Gasteiger charge is -2.36. The van der Waals surface area contributed by atoms with Gasteiger partial charge in [-0.15, -0.1) is 5.01 Å². The lowest BCUT2D eigenvalue weighted by atomic mass is 9.84. The van der Waals surface area contributed by atoms with Gasteiger partial charge in [0.1, 0.15) is 22.8 Å². The van der Waals surface area contributed by atoms with Crippen molar-refractivity contribution in [2.45, 2.75) is 97.4 Å². The van der Waals surface area contributed by atoms with Crippen LogP contribution in [0.25, 0.3) is 33.4 Å². The highest BCUT2D eigenvalue weighted by Crippen LogP contribution is 2.40. The quantitative estimate of drug-likeness (QED) is 0.108. The van der Waals surface area contributed by atoms with E-state index in [1.807, 2.05) is 37.7 Å². The first-order valence-corrected chi connectivity index (χ1v) is 24.0. The van der Waals surface area contributed by atoms with Crippen LogP contribution in [-0.2, 0) is 55.1 Å². The number of hydrazine groups is 2. The van der Waals surface area contributed by atoms with E-state index < -0.39 is 47.4 Å². The molecular weight excluding hydrogens is 867 g/mol. The Kier molecular flexibility index (Phi) is 14.6. The summed E-state index contributed by atoms with van der Waals surface area (Å²) < 4.78 is 15.7. The first kappa shape index (κ1) is 48.3. The zero-order valence-corrected chi connectivity index (χ0v) is 40.5. The van der Waals surface area contributed by atoms with E-state index in [2.05, 4.69) is 82.1 Å². The third kappa shape index (κ3) is 10.3. The van der Waals surface area contributed by atoms with Crippen LogP contribution in [-0.4, -0.2) is 158 Å². The zero-order chi connectivity index (χ0) is 48.3. The third-order valence-corrected chi connectivity index (χ3v) is 13.8. The van der Waals surface area contributed by atoms with Crippen LogP contribution in [0.3, 0.4) is 0 Å². The second kappa shape index (κ2) is 20.6. The Morgan fingerprint density at radius 3 is 2.60 bits per heavy atom. The number of imidazole rings is 1. The largest absolute Gasteiger partial charge is 0.464 e. The van der Waals surface area contributed by atoms with E-state index in [4.69, 9.17) is 14.5 Å². The smallest absolute Gasteiger partial charge is 0.324 e. The Morgan fingerprint density at radius 2 is 1.87 bits per heavy atom. The van der Waals surface area contributed by atoms with Gasteiger partial charge in [-0.3, -0.25) is 34.1 Å². The number of nitroso groups, excluding NO2 is 1. The number of likely N-dealkylation sites (tertiary alicyclic amines) is 1. The molecule has 4 aromatic rings. The van der Waals surface area contributed by atoms with Gasteiger partial charge in [0.2, 0.25) is 5.91 Å². The van der Waals surface area contributed by atoms with Gasteiger partial charge in [0, 0.05) is 92.5 Å². The molecule has 8 rings (SSSR count). The van der Waals surface area contributed by atoms with Gasteiger partial charge in [0.15, 0.2) is 6.04 Å². The highest BCUT2D eigenvalue weighted by atomic mass is 16.5. The SMILES string of the molecule is CCn1c(-c2cccnc2)c2c3cc(ccc31)-c1cnc(n1C)C[C@H](NC(=O)[C@H](C(C)C)N(C)[N+](=O)[C@H]1CCN(C(=O)C#CCN3CCOCC3)C1)C(=O)N1CCC[C@H](N1)C(=O)OCC(C)(C)C2. The summed E-state index contributed by atoms with van der Waals surface area (Å²) in [6, 6.07) is 6.93. The molecule has 3 saturated heterocycles. The van der Waals surface area contributed by atoms with Crippen molar-refractivity contribution in [2.75, 3.05) is 66.1 Å². The normalized spacial score (nSPS) is 21.7. The molecule has 18 nitrogen and oxygen atoms in total. The lowest BCUT2D eigenvalue weighted by Crippen LogP contribution is -2.62. The van der Waals surface area contributed by atoms with Gasteiger partial charge in [-0.05, 0) is 67.9 Å². The second-order valence-electron chi connectivity index (χ2n) is 19.6. The van der Waals surface area contributed by atoms with E-state index in [0.717, 1.165) is 63.5 Å². The average Bonchev–Trinajstić information content (AvgIpc) is 4.06. The molecule has 6 bridgehead atoms. The number of carbonyl (C=O) groups is 4. The molecule has 18 heteroatoms. The average molecular weight is 933 g/mol. The van der Waals surface area contributed by atoms with E-state index in [1.165, 1.54) is 10.0 Å². The second-order valence-corrected chi connectivity index (χ2v) is 19.6. The van der Waals surface area contributed by atoms with Gasteiger partial charge in [-0.25, -0.2) is 10.4 Å². The monoisotopic (exact) mass is 933 g/mol. The minimum absolute atomic E-state index is 0.0231. The van der Waals surface area contributed by atoms with Gasteiger partial charge >= 0.3 is 5.97 Å². The summed E-state index contributed by atoms with van der Waals surface area (Å²) in [5, 5.41) is 6.88. The number of aryl methyl sites for hydroxylation is 1. The molecule has 0 aliphatic carbocycles. The van der Waals surface area contributed by atoms with Crippen LogP contribution in [0, 0.1) is 28.1 Å². The number of nitrogens with zero attached hydrogens (tertiary/aromatic N) is 9. The third-order valence-electron chi connectivity index (χ3n) is 13.8. The van der Waals surface area contributed by atoms with Crippen LogP contribution in [0.5, 0.6) is 0 Å². The molecule has 1 aromatic carbocycles. The molecule has 4 aliphatic heterocycles. The number of amides is 3. The minimum atomic E-state index is -1.13. The van der Waals surface area contributed by atoms with Crippen molar-refractivity contribution in [1.29, 1.82) is 0 Å². The number of aromatic nitrogens is 4. The Bertz CT molecular complexity index is 2590. The van der Waals surface area contributed by atoms with Crippen molar-refractivity contribution in [3.63, 3.8) is 0 Å². The van der Waals surface area contributed by atoms with E-state index in [-0.39, 0.29) is 31.4 Å². The van der Waals surface area contributed by atoms with E-state index in [0.29, 0.717) is 64.4 Å². The van der Waals surface area contributed by atoms with Crippen molar-refractivity contribution in [1.82, 2.24) is 49.7 Å². The summed E-state index contributed by atoms with van der Waals surface area (Å²) in [5.41, 5.74) is 8.68. The van der Waals surface area contributed by atoms with Crippen molar-refractivity contribution < 1.29 is 33.5 Å². The lowest BCUT2D eigenvalue weighted by molar-refractivity contribution is -0.732. The van der Waals surface area contributed by atoms with Crippen LogP contribution in [0.15, 0.2) is 48.9 Å². The highest BCUT2D eigenvalue weighted by Gasteiger charge is 2.45. The number of fused-ring (bicyclic) bond motifs is 6. The molecule has 0 spiro atoms. The van der Waals surface area contributed by atoms with Crippen LogP contribution >= 0.6 is 0 Å². The number of rotatable bonds is 9. The van der Waals surface area contributed by atoms with E-state index in [1.54, 1.807) is 24.3 Å². The Balaban J connectivity index is 1.07. The molecule has 0 radical (unpaired) electrons. The van der Waals surface area contributed by atoms with Crippen molar-refractivity contribution in [2.24, 2.45) is 18.4 Å². The molecule has 3 fully saturated rings. The Labute approximate surface area is 398 Å². The van der Waals surface area contributed by atoms with Crippen LogP contribution in [0.2, 0.25) is 0 Å². The maximum atomic E-state index is 14.7. The molecular formula is C50H66N11O7+. The van der Waals surface area contributed by atoms with Crippen molar-refractivity contribution >= 4 is 34.6 Å². The molecule has 4 aliphatic rings. The van der Waals surface area contributed by atoms with Crippen molar-refractivity contribution in [3.05, 3.63) is 65.2 Å². The zero-order valence-electron chi connectivity index (χ0n) is 40.5. The number of benzene rings is 1. The molecule has 0 unspecified atom stereocenters. The van der Waals surface area contributed by atoms with Crippen LogP contribution < -0.4 is 10.7 Å². The number of ether oxygens (including phenoxy) is 2. The number of hydrogen-bond acceptors (Lipinski definition) is 11. The number of carbonyl (C=O) groups excluding carboxylic acids is 4. The molecule has 3 amide bonds. The maximum absolute atomic E-state index is 14.7. The summed E-state index contributed by atoms with van der Waals surface area (Å²) in [5.74, 6) is 4.15. The summed E-state index contributed by atoms with van der Waals surface area (Å²) in [7, 11) is 3.48. The number of cyclic esters (lactones) is 1. The standard InChI is InChI=1S/C50H65N11O7/c1-8-59-41-16-15-34-26-37(41)38(46(59)35-12-9-18-51-29-35)28-50(4,5)32-68-49(65)39-13-10-20-60(54-39)48(64)40(27-43-52-30-42(34)55(43)6)53-47(63)45(33(2)3)56(7)61(66)36-17-21-58(31-36)44(62)14-11-19-57-22-24-67-25-23-57/h9,12,15-16,18,26,29-30,33,36,39-40,45,54H,8,10,13,17,19-25,27-28,31-32H2,1-7H3/p+1/t36-,39-,40-,45-/m0/s1. The number of hydrogen-bond donors (Lipinski definition) is 2. The van der Waals surface area contributed by atoms with Gasteiger partial charge in [-0.1, -0.05) is 39.7 Å². The molecule has 362 valence electrons. The maximum Gasteiger partial charge on any atom is 0.324 e. The highest BCUT2D eigenvalue weighted by molar-refractivity contribution is 5.95. The molecule has 68 heavy (non-hydrogen) atoms. The van der Waals surface area contributed by atoms with E-state index in [9.17, 15) is 24.1 Å². The molecule has 4 atom stereocenters. The first-order chi connectivity index (χ1) is 32.6.